The van der Waals surface area contributed by atoms with Gasteiger partial charge in [0.25, 0.3) is 0 Å². The fourth-order valence-corrected chi connectivity index (χ4v) is 2.34. The Hall–Kier alpha value is -1.66. The van der Waals surface area contributed by atoms with Crippen molar-refractivity contribution in [2.75, 3.05) is 20.8 Å². The van der Waals surface area contributed by atoms with Crippen molar-refractivity contribution in [2.24, 2.45) is 0 Å². The minimum Gasteiger partial charge on any atom is -0.478 e. The zero-order valence-electron chi connectivity index (χ0n) is 11.0. The highest BCUT2D eigenvalue weighted by molar-refractivity contribution is 7.10. The van der Waals surface area contributed by atoms with Gasteiger partial charge in [0.15, 0.2) is 0 Å². The number of carbonyl (C=O) groups excluding carboxylic acids is 1. The summed E-state index contributed by atoms with van der Waals surface area (Å²) in [5.74, 6) is -0.947. The Kier molecular flexibility index (Phi) is 6.24. The van der Waals surface area contributed by atoms with Gasteiger partial charge in [0.05, 0.1) is 19.6 Å². The number of ether oxygens (including phenoxy) is 1. The van der Waals surface area contributed by atoms with E-state index in [0.29, 0.717) is 19.6 Å². The summed E-state index contributed by atoms with van der Waals surface area (Å²) in [6.45, 7) is 0.939. The largest absolute Gasteiger partial charge is 0.478 e. The first-order valence-electron chi connectivity index (χ1n) is 5.74. The predicted octanol–water partition coefficient (Wildman–Crippen LogP) is 1.84. The standard InChI is InChI=1S/C13H17NO4S/c1-14(12(15)5-6-18-2)8-11-7-10(9-19-11)3-4-13(16)17/h3-4,7,9H,5-6,8H2,1-2H3,(H,16,17). The number of nitrogens with zero attached hydrogens (tertiary/aromatic N) is 1. The first-order valence-corrected chi connectivity index (χ1v) is 6.62. The third-order valence-corrected chi connectivity index (χ3v) is 3.37. The van der Waals surface area contributed by atoms with Gasteiger partial charge in [0.2, 0.25) is 5.91 Å². The number of carboxylic acids is 1. The summed E-state index contributed by atoms with van der Waals surface area (Å²) in [4.78, 5) is 24.7. The Labute approximate surface area is 116 Å². The molecule has 0 aliphatic heterocycles. The molecule has 0 bridgehead atoms. The van der Waals surface area contributed by atoms with Crippen LogP contribution in [-0.2, 0) is 20.9 Å². The first-order chi connectivity index (χ1) is 9.02. The maximum Gasteiger partial charge on any atom is 0.328 e. The quantitative estimate of drug-likeness (QED) is 0.775. The Morgan fingerprint density at radius 2 is 2.26 bits per heavy atom. The Morgan fingerprint density at radius 3 is 2.89 bits per heavy atom. The van der Waals surface area contributed by atoms with Crippen molar-refractivity contribution >= 4 is 29.3 Å². The van der Waals surface area contributed by atoms with E-state index in [2.05, 4.69) is 0 Å². The molecule has 0 aromatic carbocycles. The minimum atomic E-state index is -0.973. The Balaban J connectivity index is 2.53. The van der Waals surface area contributed by atoms with Gasteiger partial charge >= 0.3 is 5.97 Å². The van der Waals surface area contributed by atoms with E-state index in [1.807, 2.05) is 11.4 Å². The van der Waals surface area contributed by atoms with E-state index in [0.717, 1.165) is 16.5 Å². The Morgan fingerprint density at radius 1 is 1.53 bits per heavy atom. The third kappa shape index (κ3) is 5.67. The molecule has 0 aliphatic carbocycles. The zero-order chi connectivity index (χ0) is 14.3. The molecule has 0 fully saturated rings. The molecule has 1 N–H and O–H groups in total. The van der Waals surface area contributed by atoms with Crippen LogP contribution < -0.4 is 0 Å². The monoisotopic (exact) mass is 283 g/mol. The summed E-state index contributed by atoms with van der Waals surface area (Å²) >= 11 is 1.50. The van der Waals surface area contributed by atoms with Crippen LogP contribution in [0.5, 0.6) is 0 Å². The van der Waals surface area contributed by atoms with Gasteiger partial charge in [-0.3, -0.25) is 4.79 Å². The van der Waals surface area contributed by atoms with Gasteiger partial charge in [-0.25, -0.2) is 4.79 Å². The molecule has 0 saturated heterocycles. The van der Waals surface area contributed by atoms with E-state index >= 15 is 0 Å². The van der Waals surface area contributed by atoms with Crippen molar-refractivity contribution in [3.8, 4) is 0 Å². The normalized spacial score (nSPS) is 10.8. The number of carboxylic acid groups (broad SMARTS) is 1. The number of thiophene rings is 1. The molecule has 0 saturated carbocycles. The third-order valence-electron chi connectivity index (χ3n) is 2.43. The van der Waals surface area contributed by atoms with Gasteiger partial charge in [-0.2, -0.15) is 0 Å². The molecule has 0 aliphatic rings. The van der Waals surface area contributed by atoms with E-state index in [1.54, 1.807) is 19.1 Å². The van der Waals surface area contributed by atoms with Crippen LogP contribution in [0.4, 0.5) is 0 Å². The van der Waals surface area contributed by atoms with Crippen molar-refractivity contribution in [2.45, 2.75) is 13.0 Å². The molecular formula is C13H17NO4S. The van der Waals surface area contributed by atoms with Crippen molar-refractivity contribution in [3.63, 3.8) is 0 Å². The molecule has 0 spiro atoms. The number of aliphatic carboxylic acids is 1. The molecular weight excluding hydrogens is 266 g/mol. The van der Waals surface area contributed by atoms with E-state index in [1.165, 1.54) is 17.4 Å². The highest BCUT2D eigenvalue weighted by Crippen LogP contribution is 2.17. The van der Waals surface area contributed by atoms with Crippen LogP contribution in [0.2, 0.25) is 0 Å². The second kappa shape index (κ2) is 7.70. The average Bonchev–Trinajstić information content (AvgIpc) is 2.81. The van der Waals surface area contributed by atoms with Gasteiger partial charge in [0, 0.05) is 25.1 Å². The summed E-state index contributed by atoms with van der Waals surface area (Å²) < 4.78 is 4.86. The lowest BCUT2D eigenvalue weighted by Crippen LogP contribution is -2.26. The van der Waals surface area contributed by atoms with Crippen LogP contribution in [0, 0.1) is 0 Å². The molecule has 5 nitrogen and oxygen atoms in total. The number of amides is 1. The molecule has 1 aromatic rings. The van der Waals surface area contributed by atoms with Crippen LogP contribution >= 0.6 is 11.3 Å². The molecule has 0 radical (unpaired) electrons. The molecule has 1 heterocycles. The lowest BCUT2D eigenvalue weighted by atomic mass is 10.2. The molecule has 0 unspecified atom stereocenters. The summed E-state index contributed by atoms with van der Waals surface area (Å²) in [6.07, 6.45) is 3.00. The van der Waals surface area contributed by atoms with E-state index in [-0.39, 0.29) is 5.91 Å². The second-order valence-electron chi connectivity index (χ2n) is 4.01. The average molecular weight is 283 g/mol. The van der Waals surface area contributed by atoms with Gasteiger partial charge < -0.3 is 14.7 Å². The number of rotatable bonds is 7. The summed E-state index contributed by atoms with van der Waals surface area (Å²) in [7, 11) is 3.30. The molecule has 6 heteroatoms. The number of hydrogen-bond donors (Lipinski definition) is 1. The fraction of sp³-hybridized carbons (Fsp3) is 0.385. The number of carbonyl (C=O) groups is 2. The SMILES string of the molecule is COCCC(=O)N(C)Cc1cc(C=CC(=O)O)cs1. The molecule has 1 rings (SSSR count). The van der Waals surface area contributed by atoms with Crippen molar-refractivity contribution in [3.05, 3.63) is 28.0 Å². The van der Waals surface area contributed by atoms with E-state index < -0.39 is 5.97 Å². The van der Waals surface area contributed by atoms with E-state index in [9.17, 15) is 9.59 Å². The van der Waals surface area contributed by atoms with Gasteiger partial charge in [-0.05, 0) is 23.1 Å². The van der Waals surface area contributed by atoms with Crippen molar-refractivity contribution < 1.29 is 19.4 Å². The van der Waals surface area contributed by atoms with Crippen LogP contribution in [0.1, 0.15) is 16.9 Å². The number of methoxy groups -OCH3 is 1. The van der Waals surface area contributed by atoms with Crippen LogP contribution in [0.15, 0.2) is 17.5 Å². The van der Waals surface area contributed by atoms with Gasteiger partial charge in [0.1, 0.15) is 0 Å². The lowest BCUT2D eigenvalue weighted by molar-refractivity contribution is -0.132. The second-order valence-corrected chi connectivity index (χ2v) is 5.01. The molecule has 1 aromatic heterocycles. The lowest BCUT2D eigenvalue weighted by Gasteiger charge is -2.15. The molecule has 104 valence electrons. The predicted molar refractivity (Wildman–Crippen MR) is 74.0 cm³/mol. The summed E-state index contributed by atoms with van der Waals surface area (Å²) in [5, 5.41) is 10.4. The molecule has 0 atom stereocenters. The zero-order valence-corrected chi connectivity index (χ0v) is 11.8. The van der Waals surface area contributed by atoms with Crippen LogP contribution in [-0.4, -0.2) is 42.6 Å². The fourth-order valence-electron chi connectivity index (χ4n) is 1.44. The molecule has 1 amide bonds. The van der Waals surface area contributed by atoms with Gasteiger partial charge in [-0.1, -0.05) is 0 Å². The molecule has 19 heavy (non-hydrogen) atoms. The maximum absolute atomic E-state index is 11.7. The first kappa shape index (κ1) is 15.4. The highest BCUT2D eigenvalue weighted by atomic mass is 32.1. The minimum absolute atomic E-state index is 0.0258. The van der Waals surface area contributed by atoms with Gasteiger partial charge in [-0.15, -0.1) is 11.3 Å². The smallest absolute Gasteiger partial charge is 0.328 e. The van der Waals surface area contributed by atoms with Crippen LogP contribution in [0.25, 0.3) is 6.08 Å². The van der Waals surface area contributed by atoms with Crippen molar-refractivity contribution in [1.29, 1.82) is 0 Å². The maximum atomic E-state index is 11.7. The summed E-state index contributed by atoms with van der Waals surface area (Å²) in [6, 6.07) is 1.88. The topological polar surface area (TPSA) is 66.8 Å². The summed E-state index contributed by atoms with van der Waals surface area (Å²) in [5.41, 5.74) is 0.833. The van der Waals surface area contributed by atoms with E-state index in [4.69, 9.17) is 9.84 Å². The highest BCUT2D eigenvalue weighted by Gasteiger charge is 2.09. The number of hydrogen-bond acceptors (Lipinski definition) is 4. The van der Waals surface area contributed by atoms with Crippen molar-refractivity contribution in [1.82, 2.24) is 4.90 Å². The Bertz CT molecular complexity index is 467. The van der Waals surface area contributed by atoms with Crippen LogP contribution in [0.3, 0.4) is 0 Å².